The lowest BCUT2D eigenvalue weighted by molar-refractivity contribution is -0.141. The normalized spacial score (nSPS) is 17.7. The van der Waals surface area contributed by atoms with Crippen LogP contribution in [0.2, 0.25) is 0 Å². The topological polar surface area (TPSA) is 104 Å². The lowest BCUT2D eigenvalue weighted by atomic mass is 10.0. The molecule has 13 heteroatoms. The summed E-state index contributed by atoms with van der Waals surface area (Å²) >= 11 is 0. The second-order valence-corrected chi connectivity index (χ2v) is 10.7. The molecule has 222 valence electrons. The summed E-state index contributed by atoms with van der Waals surface area (Å²) in [5, 5.41) is 2.45. The monoisotopic (exact) mass is 584 g/mol. The van der Waals surface area contributed by atoms with Gasteiger partial charge in [0.05, 0.1) is 11.9 Å². The number of halogens is 3. The number of nitrogens with zero attached hydrogens (tertiary/aromatic N) is 5. The van der Waals surface area contributed by atoms with Crippen LogP contribution in [0.5, 0.6) is 0 Å². The van der Waals surface area contributed by atoms with Gasteiger partial charge in [0.25, 0.3) is 11.9 Å². The first-order valence-electron chi connectivity index (χ1n) is 14.1. The van der Waals surface area contributed by atoms with Gasteiger partial charge in [0.2, 0.25) is 5.76 Å². The van der Waals surface area contributed by atoms with E-state index in [4.69, 9.17) is 9.15 Å². The summed E-state index contributed by atoms with van der Waals surface area (Å²) in [6.07, 6.45) is 0.858. The van der Waals surface area contributed by atoms with E-state index >= 15 is 0 Å². The fourth-order valence-electron chi connectivity index (χ4n) is 5.63. The van der Waals surface area contributed by atoms with Gasteiger partial charge in [-0.1, -0.05) is 24.3 Å². The molecule has 0 radical (unpaired) electrons. The van der Waals surface area contributed by atoms with Gasteiger partial charge in [0.1, 0.15) is 11.9 Å². The molecular formula is C29H31F3N6O4. The molecule has 1 aliphatic carbocycles. The number of hydrogen-bond donors (Lipinski definition) is 1. The van der Waals surface area contributed by atoms with Gasteiger partial charge < -0.3 is 29.2 Å². The SMILES string of the molecule is O=C(Nc1ccc(N2CCN(C(=O)OC3CCCC3)CC2)nc1)c1oc(N2CCc3ccccc3C2)nc1C(F)(F)F. The van der Waals surface area contributed by atoms with E-state index in [9.17, 15) is 22.8 Å². The van der Waals surface area contributed by atoms with E-state index in [1.807, 2.05) is 29.2 Å². The van der Waals surface area contributed by atoms with Gasteiger partial charge in [-0.2, -0.15) is 18.2 Å². The number of oxazole rings is 1. The third-order valence-corrected chi connectivity index (χ3v) is 7.93. The number of pyridine rings is 1. The van der Waals surface area contributed by atoms with Crippen molar-refractivity contribution >= 4 is 29.5 Å². The van der Waals surface area contributed by atoms with Crippen LogP contribution < -0.4 is 15.1 Å². The second-order valence-electron chi connectivity index (χ2n) is 10.7. The molecule has 3 aliphatic rings. The largest absolute Gasteiger partial charge is 0.446 e. The molecule has 1 saturated carbocycles. The number of rotatable bonds is 5. The molecule has 0 atom stereocenters. The number of aromatic nitrogens is 2. The van der Waals surface area contributed by atoms with Crippen molar-refractivity contribution in [3.05, 3.63) is 65.2 Å². The Morgan fingerprint density at radius 3 is 2.38 bits per heavy atom. The maximum Gasteiger partial charge on any atom is 0.437 e. The van der Waals surface area contributed by atoms with Crippen molar-refractivity contribution in [3.63, 3.8) is 0 Å². The Morgan fingerprint density at radius 2 is 1.69 bits per heavy atom. The van der Waals surface area contributed by atoms with Crippen LogP contribution in [0.1, 0.15) is 53.1 Å². The molecule has 10 nitrogen and oxygen atoms in total. The van der Waals surface area contributed by atoms with E-state index < -0.39 is 23.5 Å². The molecule has 0 unspecified atom stereocenters. The molecule has 2 fully saturated rings. The number of carbonyl (C=O) groups excluding carboxylic acids is 2. The van der Waals surface area contributed by atoms with Gasteiger partial charge in [-0.15, -0.1) is 0 Å². The number of ether oxygens (including phenoxy) is 1. The second kappa shape index (κ2) is 11.5. The van der Waals surface area contributed by atoms with Crippen LogP contribution in [0.4, 0.5) is 35.5 Å². The van der Waals surface area contributed by atoms with E-state index in [2.05, 4.69) is 15.3 Å². The van der Waals surface area contributed by atoms with Crippen LogP contribution in [-0.4, -0.2) is 65.7 Å². The Morgan fingerprint density at radius 1 is 0.952 bits per heavy atom. The van der Waals surface area contributed by atoms with Gasteiger partial charge >= 0.3 is 12.3 Å². The van der Waals surface area contributed by atoms with E-state index in [0.717, 1.165) is 36.8 Å². The van der Waals surface area contributed by atoms with Crippen molar-refractivity contribution in [2.45, 2.75) is 50.9 Å². The minimum absolute atomic E-state index is 0.0120. The molecular weight excluding hydrogens is 553 g/mol. The maximum absolute atomic E-state index is 13.8. The molecule has 0 spiro atoms. The Balaban J connectivity index is 1.08. The Kier molecular flexibility index (Phi) is 7.65. The molecule has 42 heavy (non-hydrogen) atoms. The summed E-state index contributed by atoms with van der Waals surface area (Å²) in [6.45, 7) is 2.82. The number of piperazine rings is 1. The van der Waals surface area contributed by atoms with E-state index in [0.29, 0.717) is 51.5 Å². The highest BCUT2D eigenvalue weighted by atomic mass is 19.4. The molecule has 2 aromatic heterocycles. The number of benzene rings is 1. The summed E-state index contributed by atoms with van der Waals surface area (Å²) < 4.78 is 52.5. The average Bonchev–Trinajstić information content (AvgIpc) is 3.68. The molecule has 2 amide bonds. The maximum atomic E-state index is 13.8. The number of hydrogen-bond acceptors (Lipinski definition) is 8. The number of amides is 2. The molecule has 4 heterocycles. The van der Waals surface area contributed by atoms with Crippen LogP contribution in [-0.2, 0) is 23.9 Å². The van der Waals surface area contributed by atoms with E-state index in [1.54, 1.807) is 21.9 Å². The smallest absolute Gasteiger partial charge is 0.437 e. The first-order valence-corrected chi connectivity index (χ1v) is 14.1. The zero-order valence-electron chi connectivity index (χ0n) is 22.9. The van der Waals surface area contributed by atoms with Crippen molar-refractivity contribution in [2.75, 3.05) is 47.8 Å². The van der Waals surface area contributed by atoms with Crippen LogP contribution in [0.15, 0.2) is 47.0 Å². The molecule has 0 bridgehead atoms. The molecule has 6 rings (SSSR count). The number of nitrogens with one attached hydrogen (secondary N) is 1. The van der Waals surface area contributed by atoms with Crippen molar-refractivity contribution in [1.82, 2.24) is 14.9 Å². The number of alkyl halides is 3. The zero-order valence-corrected chi connectivity index (χ0v) is 22.9. The Hall–Kier alpha value is -4.29. The summed E-state index contributed by atoms with van der Waals surface area (Å²) in [6, 6.07) is 10.7. The number of carbonyl (C=O) groups is 2. The van der Waals surface area contributed by atoms with Crippen molar-refractivity contribution in [1.29, 1.82) is 0 Å². The Bertz CT molecular complexity index is 1430. The van der Waals surface area contributed by atoms with Gasteiger partial charge in [0.15, 0.2) is 5.69 Å². The molecule has 1 saturated heterocycles. The van der Waals surface area contributed by atoms with E-state index in [-0.39, 0.29) is 23.9 Å². The van der Waals surface area contributed by atoms with Crippen molar-refractivity contribution in [2.24, 2.45) is 0 Å². The van der Waals surface area contributed by atoms with Gasteiger partial charge in [-0.3, -0.25) is 4.79 Å². The van der Waals surface area contributed by atoms with Crippen molar-refractivity contribution < 1.29 is 31.9 Å². The van der Waals surface area contributed by atoms with Crippen LogP contribution in [0.3, 0.4) is 0 Å². The highest BCUT2D eigenvalue weighted by Gasteiger charge is 2.42. The standard InChI is InChI=1S/C29H31F3N6O4/c30-29(31,32)25-24(42-27(35-25)38-12-11-19-5-1-2-6-20(19)18-38)26(39)34-21-9-10-23(33-17-21)36-13-15-37(16-14-36)28(40)41-22-7-3-4-8-22/h1-2,5-6,9-10,17,22H,3-4,7-8,11-16,18H2,(H,34,39). The van der Waals surface area contributed by atoms with Crippen LogP contribution in [0, 0.1) is 0 Å². The molecule has 2 aliphatic heterocycles. The summed E-state index contributed by atoms with van der Waals surface area (Å²) in [5.41, 5.74) is 0.926. The summed E-state index contributed by atoms with van der Waals surface area (Å²) in [7, 11) is 0. The van der Waals surface area contributed by atoms with Gasteiger partial charge in [0, 0.05) is 39.3 Å². The highest BCUT2D eigenvalue weighted by Crippen LogP contribution is 2.35. The predicted octanol–water partition coefficient (Wildman–Crippen LogP) is 5.10. The van der Waals surface area contributed by atoms with Gasteiger partial charge in [-0.25, -0.2) is 9.78 Å². The van der Waals surface area contributed by atoms with E-state index in [1.165, 1.54) is 6.20 Å². The van der Waals surface area contributed by atoms with Gasteiger partial charge in [-0.05, 0) is 55.4 Å². The molecule has 1 aromatic carbocycles. The fraction of sp³-hybridized carbons (Fsp3) is 0.448. The lowest BCUT2D eigenvalue weighted by Crippen LogP contribution is -2.49. The third kappa shape index (κ3) is 6.00. The predicted molar refractivity (Wildman–Crippen MR) is 147 cm³/mol. The van der Waals surface area contributed by atoms with Crippen molar-refractivity contribution in [3.8, 4) is 0 Å². The number of anilines is 3. The minimum Gasteiger partial charge on any atom is -0.446 e. The highest BCUT2D eigenvalue weighted by molar-refractivity contribution is 6.03. The average molecular weight is 585 g/mol. The van der Waals surface area contributed by atoms with Crippen LogP contribution >= 0.6 is 0 Å². The minimum atomic E-state index is -4.88. The first-order chi connectivity index (χ1) is 20.2. The first kappa shape index (κ1) is 27.9. The molecule has 3 aromatic rings. The lowest BCUT2D eigenvalue weighted by Gasteiger charge is -2.35. The zero-order chi connectivity index (χ0) is 29.3. The quantitative estimate of drug-likeness (QED) is 0.442. The third-order valence-electron chi connectivity index (χ3n) is 7.93. The summed E-state index contributed by atoms with van der Waals surface area (Å²) in [4.78, 5) is 38.7. The summed E-state index contributed by atoms with van der Waals surface area (Å²) in [5.74, 6) is -1.34. The number of fused-ring (bicyclic) bond motifs is 1. The molecule has 1 N–H and O–H groups in total. The fourth-order valence-corrected chi connectivity index (χ4v) is 5.63. The Labute approximate surface area is 240 Å². The van der Waals surface area contributed by atoms with Crippen LogP contribution in [0.25, 0.3) is 0 Å².